The van der Waals surface area contributed by atoms with Gasteiger partial charge in [0.25, 0.3) is 0 Å². The molecule has 3 heteroatoms. The molecule has 0 radical (unpaired) electrons. The van der Waals surface area contributed by atoms with Gasteiger partial charge in [-0.1, -0.05) is 13.8 Å². The second kappa shape index (κ2) is 5.48. The first-order valence-electron chi connectivity index (χ1n) is 6.52. The predicted molar refractivity (Wildman–Crippen MR) is 66.6 cm³/mol. The van der Waals surface area contributed by atoms with Crippen LogP contribution in [0.4, 0.5) is 0 Å². The lowest BCUT2D eigenvalue weighted by molar-refractivity contribution is -0.0189. The summed E-state index contributed by atoms with van der Waals surface area (Å²) in [6.45, 7) is 9.86. The fourth-order valence-corrected chi connectivity index (χ4v) is 2.19. The van der Waals surface area contributed by atoms with Crippen LogP contribution in [-0.2, 0) is 4.74 Å². The van der Waals surface area contributed by atoms with Gasteiger partial charge in [0.1, 0.15) is 0 Å². The quantitative estimate of drug-likeness (QED) is 0.733. The van der Waals surface area contributed by atoms with Gasteiger partial charge in [0, 0.05) is 13.1 Å². The molecular formula is C13H27NO2. The Morgan fingerprint density at radius 1 is 1.38 bits per heavy atom. The molecule has 1 aliphatic heterocycles. The van der Waals surface area contributed by atoms with E-state index >= 15 is 0 Å². The smallest absolute Gasteiger partial charge is 0.0766 e. The summed E-state index contributed by atoms with van der Waals surface area (Å²) in [5.41, 5.74) is -0.508. The molecule has 1 atom stereocenters. The maximum atomic E-state index is 10.1. The maximum Gasteiger partial charge on any atom is 0.0766 e. The molecule has 1 unspecified atom stereocenters. The van der Waals surface area contributed by atoms with E-state index in [0.717, 1.165) is 32.2 Å². The van der Waals surface area contributed by atoms with Gasteiger partial charge < -0.3 is 15.2 Å². The van der Waals surface area contributed by atoms with E-state index in [1.165, 1.54) is 0 Å². The Morgan fingerprint density at radius 3 is 2.44 bits per heavy atom. The Hall–Kier alpha value is -0.120. The van der Waals surface area contributed by atoms with Gasteiger partial charge in [-0.3, -0.25) is 0 Å². The zero-order valence-corrected chi connectivity index (χ0v) is 11.2. The van der Waals surface area contributed by atoms with Crippen LogP contribution in [-0.4, -0.2) is 35.5 Å². The molecule has 0 aromatic carbocycles. The molecule has 1 aliphatic rings. The monoisotopic (exact) mass is 229 g/mol. The standard InChI is InChI=1S/C13H27NO2/c1-5-13(15,6-2)10-14-9-11-7-8-12(3,4)16-11/h11,14-15H,5-10H2,1-4H3. The summed E-state index contributed by atoms with van der Waals surface area (Å²) < 4.78 is 5.89. The van der Waals surface area contributed by atoms with Crippen LogP contribution in [0.2, 0.25) is 0 Å². The van der Waals surface area contributed by atoms with Crippen molar-refractivity contribution in [2.24, 2.45) is 0 Å². The lowest BCUT2D eigenvalue weighted by Crippen LogP contribution is -2.42. The van der Waals surface area contributed by atoms with Gasteiger partial charge in [-0.2, -0.15) is 0 Å². The summed E-state index contributed by atoms with van der Waals surface area (Å²) in [6, 6.07) is 0. The van der Waals surface area contributed by atoms with Crippen LogP contribution in [0, 0.1) is 0 Å². The van der Waals surface area contributed by atoms with E-state index in [2.05, 4.69) is 19.2 Å². The molecule has 0 aliphatic carbocycles. The molecule has 0 spiro atoms. The minimum Gasteiger partial charge on any atom is -0.389 e. The molecular weight excluding hydrogens is 202 g/mol. The number of nitrogens with one attached hydrogen (secondary N) is 1. The first-order chi connectivity index (χ1) is 7.41. The average molecular weight is 229 g/mol. The SMILES string of the molecule is CCC(O)(CC)CNCC1CCC(C)(C)O1. The molecule has 1 saturated heterocycles. The number of ether oxygens (including phenoxy) is 1. The highest BCUT2D eigenvalue weighted by Gasteiger charge is 2.31. The van der Waals surface area contributed by atoms with Crippen LogP contribution in [0.15, 0.2) is 0 Å². The fourth-order valence-electron chi connectivity index (χ4n) is 2.19. The van der Waals surface area contributed by atoms with Crippen LogP contribution >= 0.6 is 0 Å². The van der Waals surface area contributed by atoms with Gasteiger partial charge in [-0.05, 0) is 39.5 Å². The van der Waals surface area contributed by atoms with Gasteiger partial charge in [0.15, 0.2) is 0 Å². The molecule has 16 heavy (non-hydrogen) atoms. The molecule has 0 amide bonds. The summed E-state index contributed by atoms with van der Waals surface area (Å²) >= 11 is 0. The Bertz CT molecular complexity index is 212. The largest absolute Gasteiger partial charge is 0.389 e. The van der Waals surface area contributed by atoms with Crippen molar-refractivity contribution in [3.8, 4) is 0 Å². The van der Waals surface area contributed by atoms with Crippen LogP contribution in [0.3, 0.4) is 0 Å². The Labute approximate surface area is 99.6 Å². The fraction of sp³-hybridized carbons (Fsp3) is 1.00. The number of rotatable bonds is 6. The third-order valence-electron chi connectivity index (χ3n) is 3.70. The molecule has 96 valence electrons. The third kappa shape index (κ3) is 4.04. The Kier molecular flexibility index (Phi) is 4.77. The first kappa shape index (κ1) is 13.9. The van der Waals surface area contributed by atoms with Gasteiger partial charge in [-0.25, -0.2) is 0 Å². The lowest BCUT2D eigenvalue weighted by atomic mass is 9.97. The van der Waals surface area contributed by atoms with Crippen LogP contribution in [0.1, 0.15) is 53.4 Å². The van der Waals surface area contributed by atoms with E-state index in [1.54, 1.807) is 0 Å². The zero-order chi connectivity index (χ0) is 12.2. The average Bonchev–Trinajstić information content (AvgIpc) is 2.58. The van der Waals surface area contributed by atoms with Crippen molar-refractivity contribution in [2.75, 3.05) is 13.1 Å². The third-order valence-corrected chi connectivity index (χ3v) is 3.70. The molecule has 1 heterocycles. The van der Waals surface area contributed by atoms with Crippen molar-refractivity contribution < 1.29 is 9.84 Å². The highest BCUT2D eigenvalue weighted by atomic mass is 16.5. The highest BCUT2D eigenvalue weighted by Crippen LogP contribution is 2.28. The van der Waals surface area contributed by atoms with E-state index in [1.807, 2.05) is 13.8 Å². The van der Waals surface area contributed by atoms with Gasteiger partial charge in [0.05, 0.1) is 17.3 Å². The van der Waals surface area contributed by atoms with E-state index in [9.17, 15) is 5.11 Å². The minimum atomic E-state index is -0.547. The molecule has 0 aromatic heterocycles. The molecule has 1 rings (SSSR count). The predicted octanol–water partition coefficient (Wildman–Crippen LogP) is 2.08. The van der Waals surface area contributed by atoms with Crippen molar-refractivity contribution in [1.82, 2.24) is 5.32 Å². The van der Waals surface area contributed by atoms with Crippen molar-refractivity contribution >= 4 is 0 Å². The molecule has 0 aromatic rings. The normalized spacial score (nSPS) is 24.9. The highest BCUT2D eigenvalue weighted by molar-refractivity contribution is 4.83. The van der Waals surface area contributed by atoms with E-state index in [4.69, 9.17) is 4.74 Å². The summed E-state index contributed by atoms with van der Waals surface area (Å²) in [6.07, 6.45) is 4.16. The summed E-state index contributed by atoms with van der Waals surface area (Å²) in [5.74, 6) is 0. The second-order valence-corrected chi connectivity index (χ2v) is 5.60. The van der Waals surface area contributed by atoms with E-state index in [-0.39, 0.29) is 5.60 Å². The van der Waals surface area contributed by atoms with Crippen LogP contribution in [0.5, 0.6) is 0 Å². The van der Waals surface area contributed by atoms with Crippen molar-refractivity contribution in [3.63, 3.8) is 0 Å². The number of aliphatic hydroxyl groups is 1. The second-order valence-electron chi connectivity index (χ2n) is 5.60. The Balaban J connectivity index is 2.21. The zero-order valence-electron chi connectivity index (χ0n) is 11.2. The van der Waals surface area contributed by atoms with Crippen LogP contribution < -0.4 is 5.32 Å². The molecule has 1 fully saturated rings. The molecule has 0 bridgehead atoms. The summed E-state index contributed by atoms with van der Waals surface area (Å²) in [4.78, 5) is 0. The number of hydrogen-bond donors (Lipinski definition) is 2. The summed E-state index contributed by atoms with van der Waals surface area (Å²) in [7, 11) is 0. The van der Waals surface area contributed by atoms with Crippen molar-refractivity contribution in [2.45, 2.75) is 70.7 Å². The molecule has 3 nitrogen and oxygen atoms in total. The lowest BCUT2D eigenvalue weighted by Gasteiger charge is -2.26. The van der Waals surface area contributed by atoms with Crippen molar-refractivity contribution in [3.05, 3.63) is 0 Å². The Morgan fingerprint density at radius 2 is 2.00 bits per heavy atom. The first-order valence-corrected chi connectivity index (χ1v) is 6.52. The van der Waals surface area contributed by atoms with E-state index in [0.29, 0.717) is 12.6 Å². The van der Waals surface area contributed by atoms with Gasteiger partial charge in [0.2, 0.25) is 0 Å². The van der Waals surface area contributed by atoms with Crippen molar-refractivity contribution in [1.29, 1.82) is 0 Å². The topological polar surface area (TPSA) is 41.5 Å². The minimum absolute atomic E-state index is 0.0398. The number of hydrogen-bond acceptors (Lipinski definition) is 3. The van der Waals surface area contributed by atoms with Crippen LogP contribution in [0.25, 0.3) is 0 Å². The summed E-state index contributed by atoms with van der Waals surface area (Å²) in [5, 5.41) is 13.4. The maximum absolute atomic E-state index is 10.1. The molecule has 2 N–H and O–H groups in total. The molecule has 0 saturated carbocycles. The van der Waals surface area contributed by atoms with Gasteiger partial charge in [-0.15, -0.1) is 0 Å². The van der Waals surface area contributed by atoms with Gasteiger partial charge >= 0.3 is 0 Å². The van der Waals surface area contributed by atoms with E-state index < -0.39 is 5.60 Å².